The number of aryl methyl sites for hydroxylation is 2. The van der Waals surface area contributed by atoms with Crippen LogP contribution in [-0.2, 0) is 16.1 Å². The van der Waals surface area contributed by atoms with Gasteiger partial charge in [0.1, 0.15) is 0 Å². The van der Waals surface area contributed by atoms with Gasteiger partial charge in [-0.25, -0.2) is 0 Å². The predicted molar refractivity (Wildman–Crippen MR) is 104 cm³/mol. The van der Waals surface area contributed by atoms with Crippen LogP contribution in [0.1, 0.15) is 30.0 Å². The van der Waals surface area contributed by atoms with E-state index in [-0.39, 0.29) is 23.7 Å². The minimum atomic E-state index is -0.216. The average molecular weight is 350 g/mol. The maximum absolute atomic E-state index is 12.8. The molecule has 1 saturated carbocycles. The molecule has 2 atom stereocenters. The lowest BCUT2D eigenvalue weighted by molar-refractivity contribution is -0.134. The highest BCUT2D eigenvalue weighted by atomic mass is 16.2. The van der Waals surface area contributed by atoms with Crippen molar-refractivity contribution in [1.29, 1.82) is 0 Å². The van der Waals surface area contributed by atoms with Crippen LogP contribution in [0, 0.1) is 25.7 Å². The van der Waals surface area contributed by atoms with Crippen molar-refractivity contribution in [2.45, 2.75) is 33.7 Å². The number of hydrogen-bond donors (Lipinski definition) is 1. The van der Waals surface area contributed by atoms with E-state index in [1.807, 2.05) is 74.2 Å². The third-order valence-corrected chi connectivity index (χ3v) is 5.01. The van der Waals surface area contributed by atoms with E-state index < -0.39 is 0 Å². The van der Waals surface area contributed by atoms with Gasteiger partial charge in [0.15, 0.2) is 0 Å². The average Bonchev–Trinajstić information content (AvgIpc) is 3.44. The molecule has 1 aliphatic rings. The highest BCUT2D eigenvalue weighted by Crippen LogP contribution is 2.41. The smallest absolute Gasteiger partial charge is 0.228 e. The molecule has 2 amide bonds. The molecule has 2 aromatic carbocycles. The SMILES string of the molecule is CCN(Cc1ccccc1)C(=O)C1CC1C(=O)Nc1cc(C)ccc1C. The van der Waals surface area contributed by atoms with Crippen molar-refractivity contribution in [1.82, 2.24) is 4.90 Å². The van der Waals surface area contributed by atoms with Gasteiger partial charge in [0.05, 0.1) is 11.8 Å². The molecular formula is C22H26N2O2. The molecule has 2 unspecified atom stereocenters. The van der Waals surface area contributed by atoms with Crippen LogP contribution in [0.2, 0.25) is 0 Å². The van der Waals surface area contributed by atoms with E-state index in [1.165, 1.54) is 0 Å². The van der Waals surface area contributed by atoms with Crippen LogP contribution in [0.3, 0.4) is 0 Å². The first-order valence-electron chi connectivity index (χ1n) is 9.20. The van der Waals surface area contributed by atoms with Crippen molar-refractivity contribution < 1.29 is 9.59 Å². The van der Waals surface area contributed by atoms with Crippen LogP contribution >= 0.6 is 0 Å². The maximum Gasteiger partial charge on any atom is 0.228 e. The van der Waals surface area contributed by atoms with E-state index in [2.05, 4.69) is 5.32 Å². The normalized spacial score (nSPS) is 18.3. The Bertz CT molecular complexity index is 801. The van der Waals surface area contributed by atoms with Crippen molar-refractivity contribution >= 4 is 17.5 Å². The summed E-state index contributed by atoms with van der Waals surface area (Å²) < 4.78 is 0. The summed E-state index contributed by atoms with van der Waals surface area (Å²) in [7, 11) is 0. The molecule has 0 heterocycles. The van der Waals surface area contributed by atoms with Crippen LogP contribution in [0.15, 0.2) is 48.5 Å². The number of carbonyl (C=O) groups is 2. The second kappa shape index (κ2) is 7.73. The Morgan fingerprint density at radius 3 is 2.50 bits per heavy atom. The van der Waals surface area contributed by atoms with E-state index in [0.29, 0.717) is 19.5 Å². The van der Waals surface area contributed by atoms with Gasteiger partial charge in [0, 0.05) is 18.8 Å². The van der Waals surface area contributed by atoms with Gasteiger partial charge >= 0.3 is 0 Å². The first-order valence-corrected chi connectivity index (χ1v) is 9.20. The molecule has 0 spiro atoms. The second-order valence-corrected chi connectivity index (χ2v) is 7.09. The summed E-state index contributed by atoms with van der Waals surface area (Å²) in [4.78, 5) is 27.2. The Morgan fingerprint density at radius 2 is 1.81 bits per heavy atom. The molecular weight excluding hydrogens is 324 g/mol. The van der Waals surface area contributed by atoms with E-state index in [4.69, 9.17) is 0 Å². The number of anilines is 1. The van der Waals surface area contributed by atoms with Gasteiger partial charge in [-0.05, 0) is 49.9 Å². The Kier molecular flexibility index (Phi) is 5.40. The monoisotopic (exact) mass is 350 g/mol. The van der Waals surface area contributed by atoms with E-state index in [0.717, 1.165) is 22.4 Å². The van der Waals surface area contributed by atoms with E-state index >= 15 is 0 Å². The Balaban J connectivity index is 1.60. The molecule has 0 saturated heterocycles. The molecule has 1 fully saturated rings. The third-order valence-electron chi connectivity index (χ3n) is 5.01. The zero-order chi connectivity index (χ0) is 18.7. The summed E-state index contributed by atoms with van der Waals surface area (Å²) >= 11 is 0. The number of nitrogens with one attached hydrogen (secondary N) is 1. The molecule has 4 nitrogen and oxygen atoms in total. The van der Waals surface area contributed by atoms with E-state index in [9.17, 15) is 9.59 Å². The molecule has 4 heteroatoms. The molecule has 26 heavy (non-hydrogen) atoms. The molecule has 3 rings (SSSR count). The van der Waals surface area contributed by atoms with Gasteiger partial charge in [0.25, 0.3) is 0 Å². The molecule has 136 valence electrons. The van der Waals surface area contributed by atoms with Crippen LogP contribution in [0.25, 0.3) is 0 Å². The molecule has 2 aromatic rings. The summed E-state index contributed by atoms with van der Waals surface area (Å²) in [6.45, 7) is 7.20. The number of nitrogens with zero attached hydrogens (tertiary/aromatic N) is 1. The zero-order valence-electron chi connectivity index (χ0n) is 15.7. The van der Waals surface area contributed by atoms with Crippen LogP contribution < -0.4 is 5.32 Å². The van der Waals surface area contributed by atoms with Crippen LogP contribution in [0.4, 0.5) is 5.69 Å². The van der Waals surface area contributed by atoms with Crippen molar-refractivity contribution in [2.24, 2.45) is 11.8 Å². The second-order valence-electron chi connectivity index (χ2n) is 7.09. The number of hydrogen-bond acceptors (Lipinski definition) is 2. The Labute approximate surface area is 155 Å². The van der Waals surface area contributed by atoms with Gasteiger partial charge < -0.3 is 10.2 Å². The highest BCUT2D eigenvalue weighted by Gasteiger charge is 2.49. The Hall–Kier alpha value is -2.62. The number of carbonyl (C=O) groups excluding carboxylic acids is 2. The van der Waals surface area contributed by atoms with Crippen molar-refractivity contribution in [3.05, 3.63) is 65.2 Å². The highest BCUT2D eigenvalue weighted by molar-refractivity contribution is 6.00. The molecule has 1 N–H and O–H groups in total. The maximum atomic E-state index is 12.8. The van der Waals surface area contributed by atoms with Crippen molar-refractivity contribution in [2.75, 3.05) is 11.9 Å². The minimum absolute atomic E-state index is 0.0483. The lowest BCUT2D eigenvalue weighted by atomic mass is 10.1. The molecule has 0 aromatic heterocycles. The molecule has 0 bridgehead atoms. The minimum Gasteiger partial charge on any atom is -0.338 e. The van der Waals surface area contributed by atoms with Gasteiger partial charge in [-0.2, -0.15) is 0 Å². The van der Waals surface area contributed by atoms with Crippen molar-refractivity contribution in [3.63, 3.8) is 0 Å². The fraction of sp³-hybridized carbons (Fsp3) is 0.364. The fourth-order valence-electron chi connectivity index (χ4n) is 3.24. The largest absolute Gasteiger partial charge is 0.338 e. The van der Waals surface area contributed by atoms with E-state index in [1.54, 1.807) is 0 Å². The van der Waals surface area contributed by atoms with Gasteiger partial charge in [-0.3, -0.25) is 9.59 Å². The zero-order valence-corrected chi connectivity index (χ0v) is 15.7. The summed E-state index contributed by atoms with van der Waals surface area (Å²) in [6.07, 6.45) is 0.640. The summed E-state index contributed by atoms with van der Waals surface area (Å²) in [5.74, 6) is -0.374. The topological polar surface area (TPSA) is 49.4 Å². The van der Waals surface area contributed by atoms with Crippen LogP contribution in [0.5, 0.6) is 0 Å². The number of rotatable bonds is 6. The Morgan fingerprint density at radius 1 is 1.08 bits per heavy atom. The standard InChI is InChI=1S/C22H26N2O2/c1-4-24(14-17-8-6-5-7-9-17)22(26)19-13-18(19)21(25)23-20-12-15(2)10-11-16(20)3/h5-12,18-19H,4,13-14H2,1-3H3,(H,23,25). The fourth-order valence-corrected chi connectivity index (χ4v) is 3.24. The number of amides is 2. The summed E-state index contributed by atoms with van der Waals surface area (Å²) in [5.41, 5.74) is 4.09. The lowest BCUT2D eigenvalue weighted by Gasteiger charge is -2.21. The molecule has 1 aliphatic carbocycles. The predicted octanol–water partition coefficient (Wildman–Crippen LogP) is 3.93. The molecule has 0 radical (unpaired) electrons. The first-order chi connectivity index (χ1) is 12.5. The summed E-state index contributed by atoms with van der Waals surface area (Å²) in [5, 5.41) is 2.99. The third kappa shape index (κ3) is 4.13. The molecule has 0 aliphatic heterocycles. The van der Waals surface area contributed by atoms with Gasteiger partial charge in [-0.1, -0.05) is 42.5 Å². The van der Waals surface area contributed by atoms with Crippen molar-refractivity contribution in [3.8, 4) is 0 Å². The quantitative estimate of drug-likeness (QED) is 0.858. The summed E-state index contributed by atoms with van der Waals surface area (Å²) in [6, 6.07) is 16.0. The number of benzene rings is 2. The van der Waals surface area contributed by atoms with Gasteiger partial charge in [0.2, 0.25) is 11.8 Å². The van der Waals surface area contributed by atoms with Gasteiger partial charge in [-0.15, -0.1) is 0 Å². The first kappa shape index (κ1) is 18.2. The van der Waals surface area contributed by atoms with Crippen LogP contribution in [-0.4, -0.2) is 23.3 Å². The lowest BCUT2D eigenvalue weighted by Crippen LogP contribution is -2.33.